The lowest BCUT2D eigenvalue weighted by Crippen LogP contribution is -2.49. The minimum Gasteiger partial charge on any atom is -0.352 e. The van der Waals surface area contributed by atoms with Gasteiger partial charge in [0.1, 0.15) is 11.5 Å². The molecule has 9 heteroatoms. The fourth-order valence-corrected chi connectivity index (χ4v) is 2.94. The number of rotatable bonds is 4. The van der Waals surface area contributed by atoms with Crippen LogP contribution >= 0.6 is 0 Å². The second kappa shape index (κ2) is 7.95. The van der Waals surface area contributed by atoms with Crippen LogP contribution in [0, 0.1) is 6.92 Å². The average Bonchev–Trinajstić information content (AvgIpc) is 2.76. The fourth-order valence-electron chi connectivity index (χ4n) is 2.94. The van der Waals surface area contributed by atoms with E-state index in [2.05, 4.69) is 35.4 Å². The first-order valence-electron chi connectivity index (χ1n) is 9.03. The van der Waals surface area contributed by atoms with Crippen LogP contribution in [0.3, 0.4) is 0 Å². The Morgan fingerprint density at radius 2 is 1.75 bits per heavy atom. The highest BCUT2D eigenvalue weighted by Crippen LogP contribution is 2.17. The van der Waals surface area contributed by atoms with Gasteiger partial charge in [0.2, 0.25) is 0 Å². The van der Waals surface area contributed by atoms with E-state index < -0.39 is 0 Å². The zero-order chi connectivity index (χ0) is 19.3. The summed E-state index contributed by atoms with van der Waals surface area (Å²) in [4.78, 5) is 28.7. The van der Waals surface area contributed by atoms with Crippen molar-refractivity contribution in [1.82, 2.24) is 30.0 Å². The zero-order valence-electron chi connectivity index (χ0n) is 15.5. The lowest BCUT2D eigenvalue weighted by molar-refractivity contribution is 0.0740. The normalized spacial score (nSPS) is 14.0. The number of anilines is 3. The summed E-state index contributed by atoms with van der Waals surface area (Å²) >= 11 is 0. The van der Waals surface area contributed by atoms with E-state index in [1.807, 2.05) is 31.2 Å². The molecule has 3 aromatic heterocycles. The Hall–Kier alpha value is -3.62. The molecule has 4 heterocycles. The molecule has 0 unspecified atom stereocenters. The summed E-state index contributed by atoms with van der Waals surface area (Å²) in [6.45, 7) is 4.57. The van der Waals surface area contributed by atoms with Crippen LogP contribution in [0.1, 0.15) is 16.1 Å². The lowest BCUT2D eigenvalue weighted by atomic mass is 10.2. The molecule has 3 aromatic rings. The Morgan fingerprint density at radius 1 is 0.929 bits per heavy atom. The maximum absolute atomic E-state index is 12.4. The van der Waals surface area contributed by atoms with E-state index in [4.69, 9.17) is 0 Å². The van der Waals surface area contributed by atoms with Crippen molar-refractivity contribution in [3.63, 3.8) is 0 Å². The van der Waals surface area contributed by atoms with E-state index in [1.165, 1.54) is 12.4 Å². The molecule has 9 nitrogen and oxygen atoms in total. The van der Waals surface area contributed by atoms with Crippen LogP contribution in [0.2, 0.25) is 0 Å². The SMILES string of the molecule is Cc1ccc(Nc2ccc(N3CCN(C(=O)c4cnccn4)CC3)nn2)nc1. The number of aryl methyl sites for hydroxylation is 1. The Kier molecular flexibility index (Phi) is 5.05. The third-order valence-corrected chi connectivity index (χ3v) is 4.49. The number of pyridine rings is 1. The van der Waals surface area contributed by atoms with Gasteiger partial charge in [0.25, 0.3) is 5.91 Å². The Balaban J connectivity index is 1.34. The largest absolute Gasteiger partial charge is 0.352 e. The molecule has 0 atom stereocenters. The number of nitrogens with one attached hydrogen (secondary N) is 1. The van der Waals surface area contributed by atoms with Crippen molar-refractivity contribution in [2.45, 2.75) is 6.92 Å². The summed E-state index contributed by atoms with van der Waals surface area (Å²) in [5.41, 5.74) is 1.47. The second-order valence-electron chi connectivity index (χ2n) is 6.49. The summed E-state index contributed by atoms with van der Waals surface area (Å²) in [5.74, 6) is 2.05. The van der Waals surface area contributed by atoms with Gasteiger partial charge >= 0.3 is 0 Å². The van der Waals surface area contributed by atoms with Crippen LogP contribution in [0.15, 0.2) is 49.1 Å². The molecule has 28 heavy (non-hydrogen) atoms. The van der Waals surface area contributed by atoms with Crippen LogP contribution in [0.5, 0.6) is 0 Å². The van der Waals surface area contributed by atoms with Crippen molar-refractivity contribution < 1.29 is 4.79 Å². The molecule has 1 aliphatic rings. The number of hydrogen-bond acceptors (Lipinski definition) is 8. The Labute approximate surface area is 162 Å². The number of carbonyl (C=O) groups is 1. The van der Waals surface area contributed by atoms with Crippen LogP contribution in [0.25, 0.3) is 0 Å². The van der Waals surface area contributed by atoms with E-state index in [9.17, 15) is 4.79 Å². The molecular weight excluding hydrogens is 356 g/mol. The van der Waals surface area contributed by atoms with E-state index >= 15 is 0 Å². The van der Waals surface area contributed by atoms with Crippen molar-refractivity contribution in [2.24, 2.45) is 0 Å². The minimum absolute atomic E-state index is 0.0935. The molecule has 0 bridgehead atoms. The number of carbonyl (C=O) groups excluding carboxylic acids is 1. The smallest absolute Gasteiger partial charge is 0.274 e. The maximum Gasteiger partial charge on any atom is 0.274 e. The molecule has 1 saturated heterocycles. The monoisotopic (exact) mass is 376 g/mol. The first-order valence-corrected chi connectivity index (χ1v) is 9.03. The molecule has 0 aliphatic carbocycles. The summed E-state index contributed by atoms with van der Waals surface area (Å²) in [5, 5.41) is 11.7. The van der Waals surface area contributed by atoms with Crippen molar-refractivity contribution in [1.29, 1.82) is 0 Å². The summed E-state index contributed by atoms with van der Waals surface area (Å²) < 4.78 is 0. The molecule has 0 radical (unpaired) electrons. The molecule has 142 valence electrons. The van der Waals surface area contributed by atoms with Gasteiger partial charge in [-0.3, -0.25) is 9.78 Å². The lowest BCUT2D eigenvalue weighted by Gasteiger charge is -2.34. The number of amides is 1. The highest BCUT2D eigenvalue weighted by molar-refractivity contribution is 5.92. The van der Waals surface area contributed by atoms with Gasteiger partial charge in [-0.25, -0.2) is 9.97 Å². The molecule has 1 amide bonds. The Bertz CT molecular complexity index is 922. The number of aromatic nitrogens is 5. The first-order chi connectivity index (χ1) is 13.7. The molecule has 1 N–H and O–H groups in total. The highest BCUT2D eigenvalue weighted by Gasteiger charge is 2.23. The number of hydrogen-bond donors (Lipinski definition) is 1. The Morgan fingerprint density at radius 3 is 2.39 bits per heavy atom. The first kappa shape index (κ1) is 17.8. The molecule has 4 rings (SSSR count). The highest BCUT2D eigenvalue weighted by atomic mass is 16.2. The van der Waals surface area contributed by atoms with E-state index in [1.54, 1.807) is 17.3 Å². The standard InChI is InChI=1S/C19H20N8O/c1-14-2-3-16(22-12-14)23-17-4-5-18(25-24-17)26-8-10-27(11-9-26)19(28)15-13-20-6-7-21-15/h2-7,12-13H,8-11H2,1H3,(H,22,23,24). The van der Waals surface area contributed by atoms with Crippen LogP contribution in [0.4, 0.5) is 17.5 Å². The summed E-state index contributed by atoms with van der Waals surface area (Å²) in [7, 11) is 0. The summed E-state index contributed by atoms with van der Waals surface area (Å²) in [6.07, 6.45) is 6.38. The minimum atomic E-state index is -0.0935. The molecular formula is C19H20N8O. The number of piperazine rings is 1. The van der Waals surface area contributed by atoms with Crippen LogP contribution in [-0.2, 0) is 0 Å². The molecule has 1 fully saturated rings. The van der Waals surface area contributed by atoms with Crippen molar-refractivity contribution in [3.8, 4) is 0 Å². The van der Waals surface area contributed by atoms with Gasteiger partial charge < -0.3 is 15.1 Å². The van der Waals surface area contributed by atoms with Gasteiger partial charge in [-0.05, 0) is 30.7 Å². The fraction of sp³-hybridized carbons (Fsp3) is 0.263. The van der Waals surface area contributed by atoms with Crippen molar-refractivity contribution >= 4 is 23.4 Å². The van der Waals surface area contributed by atoms with Gasteiger partial charge in [0, 0.05) is 44.8 Å². The number of nitrogens with zero attached hydrogens (tertiary/aromatic N) is 7. The van der Waals surface area contributed by atoms with Gasteiger partial charge in [-0.2, -0.15) is 0 Å². The van der Waals surface area contributed by atoms with Gasteiger partial charge in [-0.1, -0.05) is 6.07 Å². The molecule has 1 aliphatic heterocycles. The quantitative estimate of drug-likeness (QED) is 0.734. The van der Waals surface area contributed by atoms with E-state index in [-0.39, 0.29) is 5.91 Å². The van der Waals surface area contributed by atoms with Gasteiger partial charge in [-0.15, -0.1) is 10.2 Å². The van der Waals surface area contributed by atoms with Gasteiger partial charge in [0.15, 0.2) is 11.6 Å². The van der Waals surface area contributed by atoms with E-state index in [0.717, 1.165) is 17.2 Å². The second-order valence-corrected chi connectivity index (χ2v) is 6.49. The zero-order valence-corrected chi connectivity index (χ0v) is 15.5. The van der Waals surface area contributed by atoms with Crippen LogP contribution < -0.4 is 10.2 Å². The third-order valence-electron chi connectivity index (χ3n) is 4.49. The topological polar surface area (TPSA) is 100 Å². The molecule has 0 aromatic carbocycles. The van der Waals surface area contributed by atoms with Crippen molar-refractivity contribution in [2.75, 3.05) is 36.4 Å². The third kappa shape index (κ3) is 4.03. The van der Waals surface area contributed by atoms with Gasteiger partial charge in [0.05, 0.1) is 6.20 Å². The van der Waals surface area contributed by atoms with Crippen molar-refractivity contribution in [3.05, 3.63) is 60.3 Å². The predicted octanol–water partition coefficient (Wildman–Crippen LogP) is 1.68. The predicted molar refractivity (Wildman–Crippen MR) is 104 cm³/mol. The molecule has 0 saturated carbocycles. The maximum atomic E-state index is 12.4. The summed E-state index contributed by atoms with van der Waals surface area (Å²) in [6, 6.07) is 7.68. The molecule has 0 spiro atoms. The van der Waals surface area contributed by atoms with E-state index in [0.29, 0.717) is 37.7 Å². The average molecular weight is 376 g/mol. The van der Waals surface area contributed by atoms with Crippen LogP contribution in [-0.4, -0.2) is 62.1 Å².